The molecule has 4 aromatic heterocycles. The van der Waals surface area contributed by atoms with Gasteiger partial charge in [-0.05, 0) is 42.3 Å². The summed E-state index contributed by atoms with van der Waals surface area (Å²) in [5, 5.41) is 3.86. The second-order valence-electron chi connectivity index (χ2n) is 9.23. The molecule has 6 rings (SSSR count). The van der Waals surface area contributed by atoms with Crippen molar-refractivity contribution in [3.63, 3.8) is 0 Å². The van der Waals surface area contributed by atoms with Gasteiger partial charge in [0.2, 0.25) is 11.5 Å². The molecular weight excluding hydrogens is 524 g/mol. The molecule has 3 N–H and O–H groups in total. The van der Waals surface area contributed by atoms with Crippen LogP contribution in [0.1, 0.15) is 18.8 Å². The van der Waals surface area contributed by atoms with E-state index in [4.69, 9.17) is 10.7 Å². The average Bonchev–Trinajstić information content (AvgIpc) is 3.49. The number of thiazole rings is 1. The Bertz CT molecular complexity index is 1970. The molecule has 0 aliphatic carbocycles. The highest BCUT2D eigenvalue weighted by Gasteiger charge is 2.22. The minimum absolute atomic E-state index is 0.122. The molecule has 6 aromatic rings. The van der Waals surface area contributed by atoms with Gasteiger partial charge >= 0.3 is 0 Å². The molecule has 0 aliphatic heterocycles. The van der Waals surface area contributed by atoms with Crippen LogP contribution in [0.2, 0.25) is 0 Å². The third-order valence-corrected chi connectivity index (χ3v) is 7.39. The molecule has 40 heavy (non-hydrogen) atoms. The molecule has 0 saturated carbocycles. The van der Waals surface area contributed by atoms with Crippen molar-refractivity contribution < 1.29 is 0 Å². The number of rotatable bonds is 6. The van der Waals surface area contributed by atoms with Crippen LogP contribution in [0.3, 0.4) is 0 Å². The van der Waals surface area contributed by atoms with Crippen molar-refractivity contribution >= 4 is 34.0 Å². The summed E-state index contributed by atoms with van der Waals surface area (Å²) in [5.41, 5.74) is 10.7. The Morgan fingerprint density at radius 1 is 0.950 bits per heavy atom. The van der Waals surface area contributed by atoms with Crippen LogP contribution in [0.15, 0.2) is 94.4 Å². The zero-order valence-electron chi connectivity index (χ0n) is 21.6. The second kappa shape index (κ2) is 10.2. The molecule has 4 heterocycles. The molecule has 1 atom stereocenters. The molecule has 198 valence electrons. The van der Waals surface area contributed by atoms with E-state index in [0.717, 1.165) is 16.0 Å². The molecule has 0 spiro atoms. The lowest BCUT2D eigenvalue weighted by atomic mass is 10.0. The number of nitrogens with one attached hydrogen (secondary N) is 1. The monoisotopic (exact) mass is 548 g/mol. The van der Waals surface area contributed by atoms with E-state index in [0.29, 0.717) is 33.8 Å². The van der Waals surface area contributed by atoms with E-state index in [-0.39, 0.29) is 17.1 Å². The van der Waals surface area contributed by atoms with Gasteiger partial charge in [0.25, 0.3) is 5.56 Å². The van der Waals surface area contributed by atoms with Crippen molar-refractivity contribution in [2.24, 2.45) is 7.05 Å². The van der Waals surface area contributed by atoms with E-state index < -0.39 is 6.04 Å². The number of hydrogen-bond acceptors (Lipinski definition) is 9. The molecule has 2 aromatic carbocycles. The van der Waals surface area contributed by atoms with Gasteiger partial charge in [0, 0.05) is 31.7 Å². The normalized spacial score (nSPS) is 11.9. The summed E-state index contributed by atoms with van der Waals surface area (Å²) in [4.78, 5) is 45.0. The molecule has 10 nitrogen and oxygen atoms in total. The maximum absolute atomic E-state index is 14.3. The van der Waals surface area contributed by atoms with Crippen LogP contribution in [0.4, 0.5) is 11.8 Å². The van der Waals surface area contributed by atoms with Crippen LogP contribution >= 0.6 is 11.3 Å². The van der Waals surface area contributed by atoms with Crippen molar-refractivity contribution in [2.75, 3.05) is 11.1 Å². The summed E-state index contributed by atoms with van der Waals surface area (Å²) in [5.74, 6) is 1.13. The van der Waals surface area contributed by atoms with Crippen molar-refractivity contribution in [3.05, 3.63) is 111 Å². The van der Waals surface area contributed by atoms with E-state index in [2.05, 4.69) is 20.3 Å². The van der Waals surface area contributed by atoms with E-state index >= 15 is 0 Å². The Morgan fingerprint density at radius 2 is 1.77 bits per heavy atom. The highest BCUT2D eigenvalue weighted by Crippen LogP contribution is 2.32. The topological polar surface area (TPSA) is 134 Å². The smallest absolute Gasteiger partial charge is 0.266 e. The molecule has 1 unspecified atom stereocenters. The van der Waals surface area contributed by atoms with Crippen LogP contribution in [-0.4, -0.2) is 29.1 Å². The van der Waals surface area contributed by atoms with E-state index in [1.165, 1.54) is 22.0 Å². The maximum Gasteiger partial charge on any atom is 0.266 e. The average molecular weight is 549 g/mol. The van der Waals surface area contributed by atoms with Crippen LogP contribution in [0.5, 0.6) is 0 Å². The molecule has 0 radical (unpaired) electrons. The fourth-order valence-corrected chi connectivity index (χ4v) is 5.30. The van der Waals surface area contributed by atoms with Crippen molar-refractivity contribution in [3.8, 4) is 27.3 Å². The summed E-state index contributed by atoms with van der Waals surface area (Å²) in [7, 11) is 1.68. The lowest BCUT2D eigenvalue weighted by Crippen LogP contribution is -2.28. The predicted octanol–water partition coefficient (Wildman–Crippen LogP) is 4.42. The number of nitrogen functional groups attached to an aromatic ring is 1. The number of aryl methyl sites for hydroxylation is 1. The zero-order chi connectivity index (χ0) is 27.8. The minimum atomic E-state index is -0.459. The highest BCUT2D eigenvalue weighted by molar-refractivity contribution is 7.13. The van der Waals surface area contributed by atoms with E-state index in [9.17, 15) is 9.59 Å². The van der Waals surface area contributed by atoms with Crippen LogP contribution in [-0.2, 0) is 7.05 Å². The number of pyridine rings is 1. The van der Waals surface area contributed by atoms with Crippen LogP contribution in [0, 0.1) is 0 Å². The fraction of sp³-hybridized carbons (Fsp3) is 0.103. The number of benzene rings is 2. The number of nitrogens with two attached hydrogens (primary N) is 1. The largest absolute Gasteiger partial charge is 0.368 e. The number of hydrogen-bond donors (Lipinski definition) is 2. The van der Waals surface area contributed by atoms with E-state index in [1.807, 2.05) is 55.5 Å². The van der Waals surface area contributed by atoms with Gasteiger partial charge in [0.05, 0.1) is 38.6 Å². The highest BCUT2D eigenvalue weighted by atomic mass is 32.1. The first-order valence-corrected chi connectivity index (χ1v) is 13.3. The molecular formula is C29H24N8O2S. The third kappa shape index (κ3) is 4.52. The minimum Gasteiger partial charge on any atom is -0.368 e. The molecule has 0 bridgehead atoms. The fourth-order valence-electron chi connectivity index (χ4n) is 4.66. The summed E-state index contributed by atoms with van der Waals surface area (Å²) in [6.07, 6.45) is 5.12. The summed E-state index contributed by atoms with van der Waals surface area (Å²) in [6, 6.07) is 17.7. The molecule has 0 amide bonds. The lowest BCUT2D eigenvalue weighted by Gasteiger charge is -2.21. The predicted molar refractivity (Wildman–Crippen MR) is 158 cm³/mol. The standard InChI is InChI=1S/C29H24N8O2S/c1-17(33-26-21(13-32-29(30)35-26)23-14-31-16-40-23)27-34-22-10-6-9-20(18-11-12-24(38)36(2)15-18)25(22)28(39)37(27)19-7-4-3-5-8-19/h3-17H,1-2H3,(H3,30,32,33,35). The van der Waals surface area contributed by atoms with Crippen LogP contribution < -0.4 is 22.2 Å². The van der Waals surface area contributed by atoms with E-state index in [1.54, 1.807) is 41.8 Å². The van der Waals surface area contributed by atoms with Gasteiger partial charge in [-0.1, -0.05) is 30.3 Å². The van der Waals surface area contributed by atoms with Crippen LogP contribution in [0.25, 0.3) is 38.2 Å². The zero-order valence-corrected chi connectivity index (χ0v) is 22.5. The second-order valence-corrected chi connectivity index (χ2v) is 10.1. The first kappa shape index (κ1) is 25.1. The van der Waals surface area contributed by atoms with Crippen molar-refractivity contribution in [1.29, 1.82) is 0 Å². The Balaban J connectivity index is 1.56. The first-order valence-electron chi connectivity index (χ1n) is 12.5. The Kier molecular flexibility index (Phi) is 6.40. The van der Waals surface area contributed by atoms with Gasteiger partial charge in [-0.25, -0.2) is 9.97 Å². The summed E-state index contributed by atoms with van der Waals surface area (Å²) < 4.78 is 3.11. The molecule has 0 fully saturated rings. The number of anilines is 2. The van der Waals surface area contributed by atoms with Gasteiger partial charge in [-0.3, -0.25) is 19.1 Å². The number of nitrogens with zero attached hydrogens (tertiary/aromatic N) is 6. The number of aromatic nitrogens is 6. The lowest BCUT2D eigenvalue weighted by molar-refractivity contribution is 0.731. The SMILES string of the molecule is CC(Nc1nc(N)ncc1-c1cncs1)c1nc2cccc(-c3ccc(=O)n(C)c3)c2c(=O)n1-c1ccccc1. The molecule has 0 saturated heterocycles. The molecule has 11 heteroatoms. The van der Waals surface area contributed by atoms with Gasteiger partial charge in [0.1, 0.15) is 11.6 Å². The van der Waals surface area contributed by atoms with Crippen molar-refractivity contribution in [1.82, 2.24) is 29.1 Å². The summed E-state index contributed by atoms with van der Waals surface area (Å²) >= 11 is 1.46. The number of para-hydroxylation sites is 1. The van der Waals surface area contributed by atoms with Crippen molar-refractivity contribution in [2.45, 2.75) is 13.0 Å². The quantitative estimate of drug-likeness (QED) is 0.312. The first-order chi connectivity index (χ1) is 19.4. The van der Waals surface area contributed by atoms with Gasteiger partial charge in [-0.15, -0.1) is 11.3 Å². The molecule has 0 aliphatic rings. The Morgan fingerprint density at radius 3 is 2.52 bits per heavy atom. The number of fused-ring (bicyclic) bond motifs is 1. The Hall–Kier alpha value is -5.16. The van der Waals surface area contributed by atoms with Gasteiger partial charge in [-0.2, -0.15) is 4.98 Å². The Labute approximate surface area is 232 Å². The third-order valence-electron chi connectivity index (χ3n) is 6.58. The maximum atomic E-state index is 14.3. The summed E-state index contributed by atoms with van der Waals surface area (Å²) in [6.45, 7) is 1.92. The van der Waals surface area contributed by atoms with Gasteiger partial charge in [0.15, 0.2) is 0 Å². The van der Waals surface area contributed by atoms with Gasteiger partial charge < -0.3 is 15.6 Å².